The predicted molar refractivity (Wildman–Crippen MR) is 67.5 cm³/mol. The highest BCUT2D eigenvalue weighted by Crippen LogP contribution is 2.48. The molecular weight excluding hydrogens is 198 g/mol. The molecule has 1 aliphatic heterocycles. The van der Waals surface area contributed by atoms with Gasteiger partial charge in [-0.1, -0.05) is 32.4 Å². The summed E-state index contributed by atoms with van der Waals surface area (Å²) in [5, 5.41) is 3.64. The van der Waals surface area contributed by atoms with E-state index in [0.717, 1.165) is 13.0 Å². The average molecular weight is 221 g/mol. The summed E-state index contributed by atoms with van der Waals surface area (Å²) in [7, 11) is 0. The highest BCUT2D eigenvalue weighted by Gasteiger charge is 2.60. The van der Waals surface area contributed by atoms with E-state index < -0.39 is 0 Å². The Labute approximate surface area is 98.8 Å². The topological polar surface area (TPSA) is 24.6 Å². The van der Waals surface area contributed by atoms with Crippen LogP contribution in [0.25, 0.3) is 0 Å². The molecule has 0 bridgehead atoms. The Morgan fingerprint density at radius 2 is 2.31 bits per heavy atom. The zero-order valence-electron chi connectivity index (χ0n) is 10.6. The van der Waals surface area contributed by atoms with Crippen LogP contribution in [-0.4, -0.2) is 24.3 Å². The molecule has 0 aromatic heterocycles. The number of unbranched alkanes of at least 4 members (excludes halogenated alkanes) is 1. The average Bonchev–Trinajstić information content (AvgIpc) is 3.02. The summed E-state index contributed by atoms with van der Waals surface area (Å²) in [6, 6.07) is 0.462. The van der Waals surface area contributed by atoms with Crippen molar-refractivity contribution in [2.75, 3.05) is 6.54 Å². The van der Waals surface area contributed by atoms with E-state index >= 15 is 0 Å². The monoisotopic (exact) mass is 221 g/mol. The van der Waals surface area contributed by atoms with Gasteiger partial charge in [0.1, 0.15) is 11.7 Å². The Morgan fingerprint density at radius 1 is 1.50 bits per heavy atom. The molecular formula is C14H23NO. The third-order valence-electron chi connectivity index (χ3n) is 3.68. The fourth-order valence-corrected chi connectivity index (χ4v) is 2.64. The second-order valence-corrected chi connectivity index (χ2v) is 4.89. The van der Waals surface area contributed by atoms with Crippen molar-refractivity contribution in [3.8, 4) is 0 Å². The molecule has 16 heavy (non-hydrogen) atoms. The molecule has 0 spiro atoms. The van der Waals surface area contributed by atoms with Gasteiger partial charge in [-0.3, -0.25) is 0 Å². The Bertz CT molecular complexity index is 308. The van der Waals surface area contributed by atoms with Gasteiger partial charge in [0.05, 0.1) is 0 Å². The number of epoxide rings is 1. The lowest BCUT2D eigenvalue weighted by Gasteiger charge is -2.23. The van der Waals surface area contributed by atoms with E-state index in [1.54, 1.807) is 0 Å². The first-order valence-electron chi connectivity index (χ1n) is 6.51. The first kappa shape index (κ1) is 11.9. The molecule has 1 fully saturated rings. The first-order valence-corrected chi connectivity index (χ1v) is 6.51. The van der Waals surface area contributed by atoms with Gasteiger partial charge in [-0.2, -0.15) is 0 Å². The number of fused-ring (bicyclic) bond motifs is 1. The maximum atomic E-state index is 5.94. The van der Waals surface area contributed by atoms with Crippen molar-refractivity contribution in [2.24, 2.45) is 0 Å². The van der Waals surface area contributed by atoms with Crippen molar-refractivity contribution in [1.82, 2.24) is 5.32 Å². The molecule has 2 rings (SSSR count). The zero-order chi connectivity index (χ0) is 11.6. The molecule has 1 N–H and O–H groups in total. The van der Waals surface area contributed by atoms with Crippen LogP contribution >= 0.6 is 0 Å². The second kappa shape index (κ2) is 4.72. The third-order valence-corrected chi connectivity index (χ3v) is 3.68. The highest BCUT2D eigenvalue weighted by atomic mass is 16.6. The molecule has 0 aromatic carbocycles. The smallest absolute Gasteiger partial charge is 0.133 e. The highest BCUT2D eigenvalue weighted by molar-refractivity contribution is 5.39. The van der Waals surface area contributed by atoms with Crippen molar-refractivity contribution in [2.45, 2.75) is 57.8 Å². The molecule has 90 valence electrons. The Balaban J connectivity index is 1.96. The number of hydrogen-bond acceptors (Lipinski definition) is 2. The molecule has 1 aliphatic carbocycles. The van der Waals surface area contributed by atoms with Crippen LogP contribution in [0.1, 0.15) is 40.0 Å². The number of nitrogens with one attached hydrogen (secondary N) is 1. The van der Waals surface area contributed by atoms with Crippen molar-refractivity contribution in [1.29, 1.82) is 0 Å². The number of allylic oxidation sites excluding steroid dienone is 2. The maximum Gasteiger partial charge on any atom is 0.133 e. The van der Waals surface area contributed by atoms with Gasteiger partial charge in [-0.25, -0.2) is 0 Å². The summed E-state index contributed by atoms with van der Waals surface area (Å²) in [4.78, 5) is 0. The number of rotatable bonds is 6. The molecule has 1 heterocycles. The summed E-state index contributed by atoms with van der Waals surface area (Å²) in [6.07, 6.45) is 10.5. The van der Waals surface area contributed by atoms with E-state index in [4.69, 9.17) is 4.74 Å². The summed E-state index contributed by atoms with van der Waals surface area (Å²) in [5.74, 6) is 0. The molecule has 0 radical (unpaired) electrons. The molecule has 3 atom stereocenters. The van der Waals surface area contributed by atoms with Crippen molar-refractivity contribution in [3.05, 3.63) is 23.8 Å². The maximum absolute atomic E-state index is 5.94. The molecule has 1 saturated heterocycles. The van der Waals surface area contributed by atoms with Crippen LogP contribution < -0.4 is 5.32 Å². The number of hydrogen-bond donors (Lipinski definition) is 1. The lowest BCUT2D eigenvalue weighted by atomic mass is 9.87. The van der Waals surface area contributed by atoms with E-state index in [1.807, 2.05) is 0 Å². The quantitative estimate of drug-likeness (QED) is 0.551. The van der Waals surface area contributed by atoms with Gasteiger partial charge < -0.3 is 10.1 Å². The molecule has 0 aromatic rings. The largest absolute Gasteiger partial charge is 0.355 e. The van der Waals surface area contributed by atoms with Crippen LogP contribution in [0, 0.1) is 0 Å². The standard InChI is InChI=1S/C14H23NO/c1-4-6-10-15-12(5-2)14-9-7-8-11(3)13(14)16-14/h7-9,12-13,15H,4-6,10H2,1-3H3. The fraction of sp³-hybridized carbons (Fsp3) is 0.714. The van der Waals surface area contributed by atoms with E-state index in [0.29, 0.717) is 12.1 Å². The summed E-state index contributed by atoms with van der Waals surface area (Å²) < 4.78 is 5.94. The lowest BCUT2D eigenvalue weighted by Crippen LogP contribution is -2.43. The molecule has 0 amide bonds. The van der Waals surface area contributed by atoms with Gasteiger partial charge in [0.15, 0.2) is 0 Å². The van der Waals surface area contributed by atoms with Crippen molar-refractivity contribution >= 4 is 0 Å². The van der Waals surface area contributed by atoms with E-state index in [1.165, 1.54) is 18.4 Å². The zero-order valence-corrected chi connectivity index (χ0v) is 10.6. The minimum absolute atomic E-state index is 0.0265. The van der Waals surface area contributed by atoms with Crippen LogP contribution in [0.2, 0.25) is 0 Å². The first-order chi connectivity index (χ1) is 7.74. The van der Waals surface area contributed by atoms with Gasteiger partial charge in [0.25, 0.3) is 0 Å². The lowest BCUT2D eigenvalue weighted by molar-refractivity contribution is 0.270. The minimum Gasteiger partial charge on any atom is -0.355 e. The van der Waals surface area contributed by atoms with Crippen molar-refractivity contribution in [3.63, 3.8) is 0 Å². The Kier molecular flexibility index (Phi) is 3.50. The van der Waals surface area contributed by atoms with E-state index in [9.17, 15) is 0 Å². The van der Waals surface area contributed by atoms with Crippen molar-refractivity contribution < 1.29 is 4.74 Å². The van der Waals surface area contributed by atoms with Crippen LogP contribution in [0.5, 0.6) is 0 Å². The van der Waals surface area contributed by atoms with Gasteiger partial charge >= 0.3 is 0 Å². The molecule has 2 heteroatoms. The van der Waals surface area contributed by atoms with Gasteiger partial charge in [-0.05, 0) is 38.0 Å². The van der Waals surface area contributed by atoms with Gasteiger partial charge in [0, 0.05) is 6.04 Å². The SMILES string of the molecule is CCCCNC(CC)C12C=CC=C(C)C1O2. The summed E-state index contributed by atoms with van der Waals surface area (Å²) in [6.45, 7) is 7.72. The van der Waals surface area contributed by atoms with Crippen LogP contribution in [0.4, 0.5) is 0 Å². The minimum atomic E-state index is -0.0265. The summed E-state index contributed by atoms with van der Waals surface area (Å²) >= 11 is 0. The predicted octanol–water partition coefficient (Wildman–Crippen LogP) is 2.81. The molecule has 2 aliphatic rings. The van der Waals surface area contributed by atoms with E-state index in [-0.39, 0.29) is 5.60 Å². The Morgan fingerprint density at radius 3 is 3.00 bits per heavy atom. The van der Waals surface area contributed by atoms with Crippen LogP contribution in [0.3, 0.4) is 0 Å². The summed E-state index contributed by atoms with van der Waals surface area (Å²) in [5.41, 5.74) is 1.33. The fourth-order valence-electron chi connectivity index (χ4n) is 2.64. The normalized spacial score (nSPS) is 33.2. The van der Waals surface area contributed by atoms with Gasteiger partial charge in [0.2, 0.25) is 0 Å². The Hall–Kier alpha value is -0.600. The van der Waals surface area contributed by atoms with Gasteiger partial charge in [-0.15, -0.1) is 0 Å². The third kappa shape index (κ3) is 1.96. The molecule has 0 saturated carbocycles. The van der Waals surface area contributed by atoms with Crippen LogP contribution in [-0.2, 0) is 4.74 Å². The molecule has 3 unspecified atom stereocenters. The number of ether oxygens (including phenoxy) is 1. The second-order valence-electron chi connectivity index (χ2n) is 4.89. The van der Waals surface area contributed by atoms with E-state index in [2.05, 4.69) is 44.3 Å². The van der Waals surface area contributed by atoms with Crippen LogP contribution in [0.15, 0.2) is 23.8 Å². The molecule has 2 nitrogen and oxygen atoms in total.